The van der Waals surface area contributed by atoms with Crippen molar-refractivity contribution in [1.29, 1.82) is 0 Å². The fraction of sp³-hybridized carbons (Fsp3) is 0.438. The van der Waals surface area contributed by atoms with E-state index in [-0.39, 0.29) is 6.61 Å². The van der Waals surface area contributed by atoms with Gasteiger partial charge in [0.25, 0.3) is 5.91 Å². The van der Waals surface area contributed by atoms with Crippen LogP contribution in [0.15, 0.2) is 24.3 Å². The zero-order chi connectivity index (χ0) is 17.5. The third kappa shape index (κ3) is 4.86. The van der Waals surface area contributed by atoms with Crippen LogP contribution >= 0.6 is 11.6 Å². The normalized spacial score (nSPS) is 20.0. The van der Waals surface area contributed by atoms with Crippen molar-refractivity contribution >= 4 is 29.4 Å². The minimum absolute atomic E-state index is 0.335. The number of hydrazine groups is 1. The minimum Gasteiger partial charge on any atom is -0.550 e. The SMILES string of the molecule is O=C(COc1ccccc1Cl)NNC(=O)[C@@H]1CCCC[C@H]1C(=O)[O-]. The van der Waals surface area contributed by atoms with Crippen molar-refractivity contribution in [1.82, 2.24) is 10.9 Å². The van der Waals surface area contributed by atoms with Gasteiger partial charge in [0.2, 0.25) is 5.91 Å². The van der Waals surface area contributed by atoms with Crippen molar-refractivity contribution < 1.29 is 24.2 Å². The van der Waals surface area contributed by atoms with Gasteiger partial charge < -0.3 is 14.6 Å². The van der Waals surface area contributed by atoms with E-state index in [2.05, 4.69) is 10.9 Å². The van der Waals surface area contributed by atoms with Crippen molar-refractivity contribution in [2.75, 3.05) is 6.61 Å². The second-order valence-electron chi connectivity index (χ2n) is 5.57. The van der Waals surface area contributed by atoms with Crippen LogP contribution in [-0.2, 0) is 14.4 Å². The van der Waals surface area contributed by atoms with E-state index in [1.165, 1.54) is 0 Å². The van der Waals surface area contributed by atoms with Gasteiger partial charge in [-0.25, -0.2) is 0 Å². The molecule has 1 aliphatic carbocycles. The zero-order valence-electron chi connectivity index (χ0n) is 12.9. The molecule has 2 amide bonds. The molecule has 130 valence electrons. The first-order valence-electron chi connectivity index (χ1n) is 7.66. The van der Waals surface area contributed by atoms with Crippen molar-refractivity contribution in [3.05, 3.63) is 29.3 Å². The van der Waals surface area contributed by atoms with Gasteiger partial charge in [0, 0.05) is 17.8 Å². The second kappa shape index (κ2) is 8.54. The molecule has 0 spiro atoms. The summed E-state index contributed by atoms with van der Waals surface area (Å²) in [6.45, 7) is -0.335. The number of benzene rings is 1. The number of carbonyl (C=O) groups excluding carboxylic acids is 3. The molecule has 1 aromatic carbocycles. The van der Waals surface area contributed by atoms with E-state index in [4.69, 9.17) is 16.3 Å². The van der Waals surface area contributed by atoms with E-state index >= 15 is 0 Å². The van der Waals surface area contributed by atoms with Crippen LogP contribution in [0.4, 0.5) is 0 Å². The highest BCUT2D eigenvalue weighted by Gasteiger charge is 2.31. The van der Waals surface area contributed by atoms with Crippen LogP contribution in [-0.4, -0.2) is 24.4 Å². The largest absolute Gasteiger partial charge is 0.550 e. The Morgan fingerprint density at radius 2 is 1.79 bits per heavy atom. The molecule has 0 saturated heterocycles. The van der Waals surface area contributed by atoms with E-state index in [1.807, 2.05) is 0 Å². The highest BCUT2D eigenvalue weighted by Crippen LogP contribution is 2.29. The van der Waals surface area contributed by atoms with Crippen molar-refractivity contribution in [3.63, 3.8) is 0 Å². The predicted octanol–water partition coefficient (Wildman–Crippen LogP) is 0.422. The average Bonchev–Trinajstić information content (AvgIpc) is 2.59. The molecule has 7 nitrogen and oxygen atoms in total. The second-order valence-corrected chi connectivity index (χ2v) is 5.98. The Morgan fingerprint density at radius 1 is 1.12 bits per heavy atom. The van der Waals surface area contributed by atoms with Gasteiger partial charge in [-0.2, -0.15) is 0 Å². The lowest BCUT2D eigenvalue weighted by Gasteiger charge is -2.31. The summed E-state index contributed by atoms with van der Waals surface area (Å²) in [6.07, 6.45) is 2.38. The maximum Gasteiger partial charge on any atom is 0.276 e. The van der Waals surface area contributed by atoms with Gasteiger partial charge in [-0.3, -0.25) is 20.4 Å². The number of aliphatic carboxylic acids is 1. The maximum atomic E-state index is 12.1. The molecular formula is C16H18ClN2O5-. The number of carbonyl (C=O) groups is 3. The molecule has 0 bridgehead atoms. The molecule has 0 aliphatic heterocycles. The molecule has 1 aliphatic rings. The number of ether oxygens (including phenoxy) is 1. The van der Waals surface area contributed by atoms with E-state index in [0.29, 0.717) is 23.6 Å². The van der Waals surface area contributed by atoms with Gasteiger partial charge >= 0.3 is 0 Å². The van der Waals surface area contributed by atoms with E-state index < -0.39 is 29.6 Å². The van der Waals surface area contributed by atoms with Gasteiger partial charge in [0.05, 0.1) is 5.02 Å². The van der Waals surface area contributed by atoms with Crippen molar-refractivity contribution in [2.24, 2.45) is 11.8 Å². The summed E-state index contributed by atoms with van der Waals surface area (Å²) in [7, 11) is 0. The van der Waals surface area contributed by atoms with Crippen LogP contribution in [0.3, 0.4) is 0 Å². The third-order valence-corrected chi connectivity index (χ3v) is 4.24. The Balaban J connectivity index is 1.79. The number of carboxylic acids is 1. The molecule has 2 N–H and O–H groups in total. The highest BCUT2D eigenvalue weighted by molar-refractivity contribution is 6.32. The molecular weight excluding hydrogens is 336 g/mol. The van der Waals surface area contributed by atoms with E-state index in [1.54, 1.807) is 24.3 Å². The first kappa shape index (κ1) is 18.1. The van der Waals surface area contributed by atoms with E-state index in [0.717, 1.165) is 12.8 Å². The average molecular weight is 354 g/mol. The number of nitrogens with one attached hydrogen (secondary N) is 2. The number of hydrogen-bond acceptors (Lipinski definition) is 5. The lowest BCUT2D eigenvalue weighted by Crippen LogP contribution is -2.50. The van der Waals surface area contributed by atoms with Crippen LogP contribution in [0.1, 0.15) is 25.7 Å². The Morgan fingerprint density at radius 3 is 2.46 bits per heavy atom. The highest BCUT2D eigenvalue weighted by atomic mass is 35.5. The van der Waals surface area contributed by atoms with Crippen LogP contribution in [0.25, 0.3) is 0 Å². The smallest absolute Gasteiger partial charge is 0.276 e. The molecule has 8 heteroatoms. The molecule has 0 heterocycles. The number of para-hydroxylation sites is 1. The van der Waals surface area contributed by atoms with Crippen LogP contribution in [0.2, 0.25) is 5.02 Å². The maximum absolute atomic E-state index is 12.1. The summed E-state index contributed by atoms with van der Waals surface area (Å²) in [4.78, 5) is 34.9. The molecule has 0 unspecified atom stereocenters. The fourth-order valence-corrected chi connectivity index (χ4v) is 2.88. The summed E-state index contributed by atoms with van der Waals surface area (Å²) >= 11 is 5.89. The summed E-state index contributed by atoms with van der Waals surface area (Å²) in [5, 5.41) is 11.5. The number of halogens is 1. The number of amides is 2. The summed E-state index contributed by atoms with van der Waals surface area (Å²) in [5.41, 5.74) is 4.45. The van der Waals surface area contributed by atoms with Crippen LogP contribution in [0, 0.1) is 11.8 Å². The number of carboxylic acid groups (broad SMARTS) is 1. The lowest BCUT2D eigenvalue weighted by atomic mass is 9.79. The van der Waals surface area contributed by atoms with Gasteiger partial charge in [-0.15, -0.1) is 0 Å². The number of rotatable bonds is 5. The first-order chi connectivity index (χ1) is 11.5. The summed E-state index contributed by atoms with van der Waals surface area (Å²) < 4.78 is 5.24. The third-order valence-electron chi connectivity index (χ3n) is 3.93. The Hall–Kier alpha value is -2.28. The summed E-state index contributed by atoms with van der Waals surface area (Å²) in [6, 6.07) is 6.68. The summed E-state index contributed by atoms with van der Waals surface area (Å²) in [5.74, 6) is -3.52. The monoisotopic (exact) mass is 353 g/mol. The Labute approximate surface area is 144 Å². The molecule has 2 rings (SSSR count). The van der Waals surface area contributed by atoms with Gasteiger partial charge in [-0.05, 0) is 25.0 Å². The predicted molar refractivity (Wildman–Crippen MR) is 83.7 cm³/mol. The lowest BCUT2D eigenvalue weighted by molar-refractivity contribution is -0.314. The van der Waals surface area contributed by atoms with Crippen molar-refractivity contribution in [3.8, 4) is 5.75 Å². The van der Waals surface area contributed by atoms with Crippen LogP contribution in [0.5, 0.6) is 5.75 Å². The standard InChI is InChI=1S/C16H19ClN2O5/c17-12-7-3-4-8-13(12)24-9-14(20)18-19-15(21)10-5-1-2-6-11(10)16(22)23/h3-4,7-8,10-11H,1-2,5-6,9H2,(H,18,20)(H,19,21)(H,22,23)/p-1/t10-,11-/m1/s1. The first-order valence-corrected chi connectivity index (χ1v) is 8.03. The molecule has 1 aromatic rings. The van der Waals surface area contributed by atoms with Crippen LogP contribution < -0.4 is 20.7 Å². The molecule has 24 heavy (non-hydrogen) atoms. The van der Waals surface area contributed by atoms with Gasteiger partial charge in [0.15, 0.2) is 6.61 Å². The fourth-order valence-electron chi connectivity index (χ4n) is 2.69. The van der Waals surface area contributed by atoms with Gasteiger partial charge in [0.1, 0.15) is 5.75 Å². The topological polar surface area (TPSA) is 108 Å². The molecule has 1 saturated carbocycles. The number of hydrogen-bond donors (Lipinski definition) is 2. The Kier molecular flexibility index (Phi) is 6.43. The molecule has 0 aromatic heterocycles. The molecule has 0 radical (unpaired) electrons. The van der Waals surface area contributed by atoms with Crippen molar-refractivity contribution in [2.45, 2.75) is 25.7 Å². The van der Waals surface area contributed by atoms with Gasteiger partial charge in [-0.1, -0.05) is 36.6 Å². The Bertz CT molecular complexity index is 622. The quantitative estimate of drug-likeness (QED) is 0.746. The molecule has 2 atom stereocenters. The molecule has 1 fully saturated rings. The van der Waals surface area contributed by atoms with E-state index in [9.17, 15) is 19.5 Å². The zero-order valence-corrected chi connectivity index (χ0v) is 13.7. The minimum atomic E-state index is -1.23.